The highest BCUT2D eigenvalue weighted by molar-refractivity contribution is 9.10. The smallest absolute Gasteiger partial charge is 0.0562 e. The van der Waals surface area contributed by atoms with E-state index < -0.39 is 0 Å². The van der Waals surface area contributed by atoms with Crippen molar-refractivity contribution in [1.29, 1.82) is 0 Å². The summed E-state index contributed by atoms with van der Waals surface area (Å²) in [5.41, 5.74) is 8.43. The second kappa shape index (κ2) is 5.13. The lowest BCUT2D eigenvalue weighted by Crippen LogP contribution is -2.12. The Balaban J connectivity index is 2.35. The van der Waals surface area contributed by atoms with Crippen molar-refractivity contribution in [3.8, 4) is 0 Å². The maximum Gasteiger partial charge on any atom is 0.0562 e. The molecular formula is C13H11Br2N. The van der Waals surface area contributed by atoms with Gasteiger partial charge in [0, 0.05) is 8.95 Å². The Labute approximate surface area is 112 Å². The first-order chi connectivity index (χ1) is 7.68. The van der Waals surface area contributed by atoms with Crippen molar-refractivity contribution in [3.05, 3.63) is 68.6 Å². The molecule has 0 heterocycles. The van der Waals surface area contributed by atoms with Gasteiger partial charge < -0.3 is 5.73 Å². The number of benzene rings is 2. The van der Waals surface area contributed by atoms with Gasteiger partial charge in [0.25, 0.3) is 0 Å². The Morgan fingerprint density at radius 3 is 2.12 bits per heavy atom. The Kier molecular flexibility index (Phi) is 3.79. The van der Waals surface area contributed by atoms with Crippen molar-refractivity contribution in [3.63, 3.8) is 0 Å². The van der Waals surface area contributed by atoms with Crippen LogP contribution >= 0.6 is 31.9 Å². The predicted octanol–water partition coefficient (Wildman–Crippen LogP) is 4.26. The van der Waals surface area contributed by atoms with Crippen LogP contribution < -0.4 is 5.73 Å². The normalized spacial score (nSPS) is 12.4. The molecule has 0 saturated carbocycles. The SMILES string of the molecule is NC(c1ccc(Br)cc1)c1ccccc1Br. The summed E-state index contributed by atoms with van der Waals surface area (Å²) < 4.78 is 2.11. The lowest BCUT2D eigenvalue weighted by atomic mass is 10.00. The highest BCUT2D eigenvalue weighted by Crippen LogP contribution is 2.27. The third-order valence-corrected chi connectivity index (χ3v) is 3.72. The van der Waals surface area contributed by atoms with Gasteiger partial charge in [0.1, 0.15) is 0 Å². The van der Waals surface area contributed by atoms with Crippen LogP contribution in [0.1, 0.15) is 17.2 Å². The van der Waals surface area contributed by atoms with E-state index in [1.807, 2.05) is 48.5 Å². The van der Waals surface area contributed by atoms with Crippen LogP contribution in [0.2, 0.25) is 0 Å². The number of hydrogen-bond acceptors (Lipinski definition) is 1. The van der Waals surface area contributed by atoms with Gasteiger partial charge in [-0.15, -0.1) is 0 Å². The molecule has 0 aliphatic carbocycles. The Bertz CT molecular complexity index is 480. The molecule has 1 atom stereocenters. The molecule has 0 amide bonds. The molecule has 2 aromatic rings. The van der Waals surface area contributed by atoms with Crippen LogP contribution in [0.25, 0.3) is 0 Å². The molecular weight excluding hydrogens is 330 g/mol. The largest absolute Gasteiger partial charge is 0.320 e. The highest BCUT2D eigenvalue weighted by Gasteiger charge is 2.11. The third kappa shape index (κ3) is 2.54. The fraction of sp³-hybridized carbons (Fsp3) is 0.0769. The first-order valence-electron chi connectivity index (χ1n) is 4.94. The van der Waals surface area contributed by atoms with Crippen LogP contribution in [0.4, 0.5) is 0 Å². The fourth-order valence-electron chi connectivity index (χ4n) is 1.58. The first-order valence-corrected chi connectivity index (χ1v) is 6.52. The van der Waals surface area contributed by atoms with E-state index in [9.17, 15) is 0 Å². The minimum Gasteiger partial charge on any atom is -0.320 e. The van der Waals surface area contributed by atoms with Gasteiger partial charge in [-0.1, -0.05) is 62.2 Å². The van der Waals surface area contributed by atoms with Gasteiger partial charge in [0.15, 0.2) is 0 Å². The zero-order valence-corrected chi connectivity index (χ0v) is 11.7. The summed E-state index contributed by atoms with van der Waals surface area (Å²) in [5, 5.41) is 0. The predicted molar refractivity (Wildman–Crippen MR) is 74.3 cm³/mol. The summed E-state index contributed by atoms with van der Waals surface area (Å²) in [4.78, 5) is 0. The summed E-state index contributed by atoms with van der Waals surface area (Å²) in [6.45, 7) is 0. The average molecular weight is 341 g/mol. The highest BCUT2D eigenvalue weighted by atomic mass is 79.9. The van der Waals surface area contributed by atoms with Gasteiger partial charge in [0.05, 0.1) is 6.04 Å². The van der Waals surface area contributed by atoms with Gasteiger partial charge in [0.2, 0.25) is 0 Å². The monoisotopic (exact) mass is 339 g/mol. The second-order valence-electron chi connectivity index (χ2n) is 3.55. The van der Waals surface area contributed by atoms with Crippen LogP contribution in [0, 0.1) is 0 Å². The van der Waals surface area contributed by atoms with E-state index in [2.05, 4.69) is 31.9 Å². The van der Waals surface area contributed by atoms with Crippen molar-refractivity contribution >= 4 is 31.9 Å². The third-order valence-electron chi connectivity index (χ3n) is 2.47. The van der Waals surface area contributed by atoms with Crippen LogP contribution in [-0.2, 0) is 0 Å². The quantitative estimate of drug-likeness (QED) is 0.868. The number of nitrogens with two attached hydrogens (primary N) is 1. The number of hydrogen-bond donors (Lipinski definition) is 1. The summed E-state index contributed by atoms with van der Waals surface area (Å²) >= 11 is 6.93. The molecule has 82 valence electrons. The summed E-state index contributed by atoms with van der Waals surface area (Å²) in [7, 11) is 0. The molecule has 2 aromatic carbocycles. The van der Waals surface area contributed by atoms with E-state index in [0.717, 1.165) is 20.1 Å². The zero-order chi connectivity index (χ0) is 11.5. The van der Waals surface area contributed by atoms with E-state index in [0.29, 0.717) is 0 Å². The van der Waals surface area contributed by atoms with Gasteiger partial charge in [-0.3, -0.25) is 0 Å². The van der Waals surface area contributed by atoms with E-state index in [1.165, 1.54) is 0 Å². The molecule has 0 aromatic heterocycles. The average Bonchev–Trinajstić information content (AvgIpc) is 2.30. The Morgan fingerprint density at radius 2 is 1.50 bits per heavy atom. The maximum absolute atomic E-state index is 6.22. The molecule has 0 spiro atoms. The molecule has 0 saturated heterocycles. The molecule has 0 aliphatic rings. The minimum atomic E-state index is -0.0938. The van der Waals surface area contributed by atoms with Gasteiger partial charge in [-0.25, -0.2) is 0 Å². The van der Waals surface area contributed by atoms with Gasteiger partial charge >= 0.3 is 0 Å². The molecule has 0 radical (unpaired) electrons. The standard InChI is InChI=1S/C13H11Br2N/c14-10-7-5-9(6-8-10)13(16)11-3-1-2-4-12(11)15/h1-8,13H,16H2. The molecule has 1 unspecified atom stereocenters. The van der Waals surface area contributed by atoms with Crippen molar-refractivity contribution in [2.45, 2.75) is 6.04 Å². The van der Waals surface area contributed by atoms with E-state index >= 15 is 0 Å². The topological polar surface area (TPSA) is 26.0 Å². The minimum absolute atomic E-state index is 0.0938. The van der Waals surface area contributed by atoms with Crippen LogP contribution in [-0.4, -0.2) is 0 Å². The van der Waals surface area contributed by atoms with Crippen molar-refractivity contribution in [2.24, 2.45) is 5.73 Å². The molecule has 16 heavy (non-hydrogen) atoms. The zero-order valence-electron chi connectivity index (χ0n) is 8.53. The second-order valence-corrected chi connectivity index (χ2v) is 5.32. The fourth-order valence-corrected chi connectivity index (χ4v) is 2.37. The van der Waals surface area contributed by atoms with Crippen molar-refractivity contribution in [1.82, 2.24) is 0 Å². The van der Waals surface area contributed by atoms with Crippen LogP contribution in [0.15, 0.2) is 57.5 Å². The van der Waals surface area contributed by atoms with Crippen LogP contribution in [0.5, 0.6) is 0 Å². The van der Waals surface area contributed by atoms with Crippen LogP contribution in [0.3, 0.4) is 0 Å². The lowest BCUT2D eigenvalue weighted by molar-refractivity contribution is 0.865. The maximum atomic E-state index is 6.22. The summed E-state index contributed by atoms with van der Waals surface area (Å²) in [6.07, 6.45) is 0. The van der Waals surface area contributed by atoms with E-state index in [-0.39, 0.29) is 6.04 Å². The summed E-state index contributed by atoms with van der Waals surface area (Å²) in [5.74, 6) is 0. The Hall–Kier alpha value is -0.640. The number of rotatable bonds is 2. The van der Waals surface area contributed by atoms with Gasteiger partial charge in [-0.05, 0) is 29.3 Å². The molecule has 1 nitrogen and oxygen atoms in total. The van der Waals surface area contributed by atoms with E-state index in [1.54, 1.807) is 0 Å². The molecule has 2 rings (SSSR count). The van der Waals surface area contributed by atoms with Gasteiger partial charge in [-0.2, -0.15) is 0 Å². The Morgan fingerprint density at radius 1 is 0.875 bits per heavy atom. The van der Waals surface area contributed by atoms with Crippen molar-refractivity contribution in [2.75, 3.05) is 0 Å². The first kappa shape index (κ1) is 11.8. The lowest BCUT2D eigenvalue weighted by Gasteiger charge is -2.14. The molecule has 0 bridgehead atoms. The molecule has 0 fully saturated rings. The molecule has 3 heteroatoms. The molecule has 2 N–H and O–H groups in total. The summed E-state index contributed by atoms with van der Waals surface area (Å²) in [6, 6.07) is 16.0. The van der Waals surface area contributed by atoms with E-state index in [4.69, 9.17) is 5.73 Å². The number of halogens is 2. The molecule has 0 aliphatic heterocycles. The van der Waals surface area contributed by atoms with Crippen molar-refractivity contribution < 1.29 is 0 Å².